The molecule has 112 valence electrons. The molecule has 2 unspecified atom stereocenters. The molecule has 2 aliphatic heterocycles. The summed E-state index contributed by atoms with van der Waals surface area (Å²) in [4.78, 5) is 27.6. The Hall–Kier alpha value is -2.04. The Bertz CT molecular complexity index is 572. The van der Waals surface area contributed by atoms with Crippen molar-refractivity contribution in [3.63, 3.8) is 0 Å². The summed E-state index contributed by atoms with van der Waals surface area (Å²) in [6.45, 7) is 3.56. The molecule has 0 saturated carbocycles. The van der Waals surface area contributed by atoms with Gasteiger partial charge < -0.3 is 10.0 Å². The van der Waals surface area contributed by atoms with Gasteiger partial charge in [0.2, 0.25) is 0 Å². The molecule has 0 bridgehead atoms. The minimum absolute atomic E-state index is 0.168. The highest BCUT2D eigenvalue weighted by Crippen LogP contribution is 2.33. The molecule has 0 radical (unpaired) electrons. The van der Waals surface area contributed by atoms with E-state index in [9.17, 15) is 14.7 Å². The van der Waals surface area contributed by atoms with Gasteiger partial charge in [0.15, 0.2) is 0 Å². The summed E-state index contributed by atoms with van der Waals surface area (Å²) in [5.74, 6) is -0.464. The molecule has 3 rings (SSSR count). The summed E-state index contributed by atoms with van der Waals surface area (Å²) in [6, 6.07) is 6.52. The molecule has 1 saturated heterocycles. The molecular formula is C16H20N2O3. The Balaban J connectivity index is 1.90. The summed E-state index contributed by atoms with van der Waals surface area (Å²) in [6.07, 6.45) is 2.50. The number of piperidine rings is 1. The smallest absolute Gasteiger partial charge is 0.327 e. The van der Waals surface area contributed by atoms with Gasteiger partial charge in [-0.15, -0.1) is 0 Å². The van der Waals surface area contributed by atoms with Crippen LogP contribution >= 0.6 is 0 Å². The predicted molar refractivity (Wildman–Crippen MR) is 79.4 cm³/mol. The summed E-state index contributed by atoms with van der Waals surface area (Å²) >= 11 is 0. The number of carboxylic acids is 1. The highest BCUT2D eigenvalue weighted by molar-refractivity contribution is 6.01. The first-order chi connectivity index (χ1) is 10.1. The van der Waals surface area contributed by atoms with Gasteiger partial charge in [0, 0.05) is 25.2 Å². The zero-order valence-electron chi connectivity index (χ0n) is 12.2. The lowest BCUT2D eigenvalue weighted by Crippen LogP contribution is -2.52. The van der Waals surface area contributed by atoms with Crippen molar-refractivity contribution < 1.29 is 14.7 Å². The third-order valence-electron chi connectivity index (χ3n) is 4.39. The Morgan fingerprint density at radius 1 is 1.29 bits per heavy atom. The number of benzene rings is 1. The number of rotatable bonds is 1. The van der Waals surface area contributed by atoms with E-state index in [2.05, 4.69) is 6.92 Å². The van der Waals surface area contributed by atoms with Gasteiger partial charge in [-0.1, -0.05) is 25.1 Å². The van der Waals surface area contributed by atoms with Gasteiger partial charge in [-0.05, 0) is 30.4 Å². The van der Waals surface area contributed by atoms with E-state index in [-0.39, 0.29) is 6.03 Å². The van der Waals surface area contributed by atoms with E-state index in [1.807, 2.05) is 24.3 Å². The molecule has 0 aromatic heterocycles. The average Bonchev–Trinajstić information content (AvgIpc) is 2.86. The van der Waals surface area contributed by atoms with E-state index in [4.69, 9.17) is 0 Å². The molecule has 0 spiro atoms. The first-order valence-electron chi connectivity index (χ1n) is 7.47. The second-order valence-corrected chi connectivity index (χ2v) is 6.03. The molecule has 0 aliphatic carbocycles. The first kappa shape index (κ1) is 13.9. The molecule has 2 aliphatic rings. The van der Waals surface area contributed by atoms with E-state index < -0.39 is 12.0 Å². The number of hydrogen-bond donors (Lipinski definition) is 1. The van der Waals surface area contributed by atoms with Gasteiger partial charge in [-0.2, -0.15) is 0 Å². The van der Waals surface area contributed by atoms with Crippen LogP contribution in [0.2, 0.25) is 0 Å². The second-order valence-electron chi connectivity index (χ2n) is 6.03. The van der Waals surface area contributed by atoms with Crippen LogP contribution in [0.4, 0.5) is 10.5 Å². The first-order valence-corrected chi connectivity index (χ1v) is 7.47. The van der Waals surface area contributed by atoms with E-state index in [0.29, 0.717) is 25.4 Å². The van der Waals surface area contributed by atoms with Gasteiger partial charge in [0.1, 0.15) is 6.04 Å². The summed E-state index contributed by atoms with van der Waals surface area (Å²) < 4.78 is 0. The highest BCUT2D eigenvalue weighted by atomic mass is 16.4. The molecule has 1 fully saturated rings. The molecule has 1 aromatic rings. The maximum atomic E-state index is 12.8. The Kier molecular flexibility index (Phi) is 3.57. The summed E-state index contributed by atoms with van der Waals surface area (Å²) in [7, 11) is 0. The molecular weight excluding hydrogens is 268 g/mol. The number of fused-ring (bicyclic) bond motifs is 1. The monoisotopic (exact) mass is 288 g/mol. The fraction of sp³-hybridized carbons (Fsp3) is 0.500. The van der Waals surface area contributed by atoms with Crippen LogP contribution in [0.15, 0.2) is 24.3 Å². The topological polar surface area (TPSA) is 60.9 Å². The minimum atomic E-state index is -0.940. The van der Waals surface area contributed by atoms with Gasteiger partial charge >= 0.3 is 12.0 Å². The summed E-state index contributed by atoms with van der Waals surface area (Å²) in [5, 5.41) is 9.44. The molecule has 1 aromatic carbocycles. The predicted octanol–water partition coefficient (Wildman–Crippen LogP) is 2.35. The second kappa shape index (κ2) is 5.39. The van der Waals surface area contributed by atoms with E-state index >= 15 is 0 Å². The molecule has 2 amide bonds. The number of urea groups is 1. The van der Waals surface area contributed by atoms with E-state index in [1.165, 1.54) is 4.90 Å². The fourth-order valence-electron chi connectivity index (χ4n) is 3.34. The third-order valence-corrected chi connectivity index (χ3v) is 4.39. The van der Waals surface area contributed by atoms with E-state index in [1.54, 1.807) is 4.90 Å². The number of carboxylic acid groups (broad SMARTS) is 1. The van der Waals surface area contributed by atoms with Crippen LogP contribution in [-0.2, 0) is 11.2 Å². The number of likely N-dealkylation sites (tertiary alicyclic amines) is 1. The van der Waals surface area contributed by atoms with Crippen LogP contribution in [0, 0.1) is 5.92 Å². The Morgan fingerprint density at radius 2 is 2.05 bits per heavy atom. The lowest BCUT2D eigenvalue weighted by atomic mass is 10.0. The van der Waals surface area contributed by atoms with Gasteiger partial charge in [-0.3, -0.25) is 4.90 Å². The van der Waals surface area contributed by atoms with Crippen molar-refractivity contribution in [2.75, 3.05) is 18.0 Å². The van der Waals surface area contributed by atoms with Crippen LogP contribution in [0.3, 0.4) is 0 Å². The maximum absolute atomic E-state index is 12.8. The van der Waals surface area contributed by atoms with Crippen molar-refractivity contribution in [3.05, 3.63) is 29.8 Å². The maximum Gasteiger partial charge on any atom is 0.327 e. The van der Waals surface area contributed by atoms with Crippen LogP contribution < -0.4 is 4.90 Å². The zero-order valence-corrected chi connectivity index (χ0v) is 12.2. The number of carbonyl (C=O) groups is 2. The largest absolute Gasteiger partial charge is 0.480 e. The SMILES string of the molecule is CC1CCCN(C(=O)N2c3ccccc3CC2C(=O)O)C1. The standard InChI is InChI=1S/C16H20N2O3/c1-11-5-4-8-17(10-11)16(21)18-13-7-3-2-6-12(13)9-14(18)15(19)20/h2-3,6-7,11,14H,4-5,8-10H2,1H3,(H,19,20). The van der Waals surface area contributed by atoms with Crippen LogP contribution in [0.25, 0.3) is 0 Å². The van der Waals surface area contributed by atoms with Gasteiger partial charge in [0.25, 0.3) is 0 Å². The number of amides is 2. The molecule has 2 heterocycles. The summed E-state index contributed by atoms with van der Waals surface area (Å²) in [5.41, 5.74) is 1.68. The number of nitrogens with zero attached hydrogens (tertiary/aromatic N) is 2. The van der Waals surface area contributed by atoms with Crippen molar-refractivity contribution in [2.24, 2.45) is 5.92 Å². The number of para-hydroxylation sites is 1. The molecule has 5 heteroatoms. The molecule has 5 nitrogen and oxygen atoms in total. The Labute approximate surface area is 124 Å². The van der Waals surface area contributed by atoms with Crippen molar-refractivity contribution in [1.82, 2.24) is 4.90 Å². The van der Waals surface area contributed by atoms with E-state index in [0.717, 1.165) is 24.1 Å². The lowest BCUT2D eigenvalue weighted by Gasteiger charge is -2.35. The van der Waals surface area contributed by atoms with Gasteiger partial charge in [0.05, 0.1) is 0 Å². The number of anilines is 1. The van der Waals surface area contributed by atoms with Crippen LogP contribution in [-0.4, -0.2) is 41.1 Å². The van der Waals surface area contributed by atoms with Gasteiger partial charge in [-0.25, -0.2) is 9.59 Å². The van der Waals surface area contributed by atoms with Crippen molar-refractivity contribution in [1.29, 1.82) is 0 Å². The average molecular weight is 288 g/mol. The Morgan fingerprint density at radius 3 is 2.76 bits per heavy atom. The quantitative estimate of drug-likeness (QED) is 0.863. The number of carbonyl (C=O) groups excluding carboxylic acids is 1. The van der Waals surface area contributed by atoms with Crippen molar-refractivity contribution in [2.45, 2.75) is 32.2 Å². The molecule has 2 atom stereocenters. The lowest BCUT2D eigenvalue weighted by molar-refractivity contribution is -0.138. The van der Waals surface area contributed by atoms with Crippen molar-refractivity contribution in [3.8, 4) is 0 Å². The van der Waals surface area contributed by atoms with Crippen LogP contribution in [0.5, 0.6) is 0 Å². The molecule has 1 N–H and O–H groups in total. The number of hydrogen-bond acceptors (Lipinski definition) is 2. The zero-order chi connectivity index (χ0) is 15.0. The van der Waals surface area contributed by atoms with Crippen molar-refractivity contribution >= 4 is 17.7 Å². The minimum Gasteiger partial charge on any atom is -0.480 e. The number of aliphatic carboxylic acids is 1. The molecule has 21 heavy (non-hydrogen) atoms. The van der Waals surface area contributed by atoms with Crippen LogP contribution in [0.1, 0.15) is 25.3 Å². The highest BCUT2D eigenvalue weighted by Gasteiger charge is 2.40. The fourth-order valence-corrected chi connectivity index (χ4v) is 3.34. The normalized spacial score (nSPS) is 24.8. The third kappa shape index (κ3) is 2.48.